The van der Waals surface area contributed by atoms with Crippen LogP contribution in [0.1, 0.15) is 80.1 Å². The van der Waals surface area contributed by atoms with E-state index in [9.17, 15) is 19.5 Å². The Morgan fingerprint density at radius 3 is 2.45 bits per heavy atom. The van der Waals surface area contributed by atoms with E-state index in [1.165, 1.54) is 0 Å². The lowest BCUT2D eigenvalue weighted by molar-refractivity contribution is -0.154. The van der Waals surface area contributed by atoms with E-state index in [-0.39, 0.29) is 29.8 Å². The van der Waals surface area contributed by atoms with Crippen LogP contribution in [0.2, 0.25) is 0 Å². The molecule has 0 radical (unpaired) electrons. The molecule has 5 atom stereocenters. The van der Waals surface area contributed by atoms with Crippen LogP contribution in [0.25, 0.3) is 0 Å². The van der Waals surface area contributed by atoms with Crippen LogP contribution in [-0.4, -0.2) is 80.1 Å². The predicted molar refractivity (Wildman–Crippen MR) is 150 cm³/mol. The zero-order valence-corrected chi connectivity index (χ0v) is 24.8. The van der Waals surface area contributed by atoms with Gasteiger partial charge in [0, 0.05) is 30.0 Å². The monoisotopic (exact) mass is 546 g/mol. The van der Waals surface area contributed by atoms with Crippen molar-refractivity contribution in [1.82, 2.24) is 9.80 Å². The quantitative estimate of drug-likeness (QED) is 0.290. The Kier molecular flexibility index (Phi) is 8.17. The molecule has 1 N–H and O–H groups in total. The molecule has 4 heterocycles. The van der Waals surface area contributed by atoms with Crippen LogP contribution >= 0.6 is 11.8 Å². The van der Waals surface area contributed by atoms with Gasteiger partial charge < -0.3 is 19.6 Å². The molecule has 0 aromatic heterocycles. The number of amides is 2. The number of unbranched alkanes of at least 4 members (excludes halogenated alkanes) is 2. The molecule has 4 aliphatic rings. The van der Waals surface area contributed by atoms with E-state index in [1.807, 2.05) is 11.8 Å². The number of ether oxygens (including phenoxy) is 1. The number of cyclic esters (lactones) is 1. The van der Waals surface area contributed by atoms with Crippen molar-refractivity contribution >= 4 is 29.5 Å². The molecule has 0 bridgehead atoms. The molecule has 0 saturated carbocycles. The van der Waals surface area contributed by atoms with Gasteiger partial charge in [0.05, 0.1) is 23.2 Å². The Bertz CT molecular complexity index is 1000. The van der Waals surface area contributed by atoms with Gasteiger partial charge in [0.15, 0.2) is 0 Å². The number of aliphatic hydroxyl groups is 1. The molecular formula is C30H46N2O5S. The van der Waals surface area contributed by atoms with Gasteiger partial charge in [-0.1, -0.05) is 45.1 Å². The van der Waals surface area contributed by atoms with Crippen molar-refractivity contribution in [2.45, 2.75) is 101 Å². The number of likely N-dealkylation sites (tertiary alicyclic amines) is 1. The fourth-order valence-corrected chi connectivity index (χ4v) is 9.54. The fourth-order valence-electron chi connectivity index (χ4n) is 7.38. The lowest BCUT2D eigenvalue weighted by Gasteiger charge is -2.44. The molecule has 2 fully saturated rings. The van der Waals surface area contributed by atoms with Crippen LogP contribution < -0.4 is 0 Å². The highest BCUT2D eigenvalue weighted by molar-refractivity contribution is 8.02. The lowest BCUT2D eigenvalue weighted by Crippen LogP contribution is -2.58. The summed E-state index contributed by atoms with van der Waals surface area (Å²) in [4.78, 5) is 46.2. The number of rotatable bonds is 7. The molecule has 2 amide bonds. The smallest absolute Gasteiger partial charge is 0.311 e. The predicted octanol–water partition coefficient (Wildman–Crippen LogP) is 4.34. The van der Waals surface area contributed by atoms with Crippen LogP contribution in [0.5, 0.6) is 0 Å². The summed E-state index contributed by atoms with van der Waals surface area (Å²) in [5.41, 5.74) is -0.399. The Morgan fingerprint density at radius 1 is 1.03 bits per heavy atom. The minimum absolute atomic E-state index is 0.0174. The molecule has 4 aliphatic heterocycles. The number of fused-ring (bicyclic) bond motifs is 2. The molecule has 2 saturated heterocycles. The number of esters is 1. The number of hydrogen-bond acceptors (Lipinski definition) is 6. The van der Waals surface area contributed by atoms with E-state index in [4.69, 9.17) is 4.74 Å². The lowest BCUT2D eigenvalue weighted by atomic mass is 9.74. The topological polar surface area (TPSA) is 87.2 Å². The van der Waals surface area contributed by atoms with Crippen molar-refractivity contribution in [3.63, 3.8) is 0 Å². The van der Waals surface area contributed by atoms with Gasteiger partial charge in [0.1, 0.15) is 6.04 Å². The molecule has 0 aliphatic carbocycles. The molecular weight excluding hydrogens is 500 g/mol. The molecule has 4 rings (SSSR count). The summed E-state index contributed by atoms with van der Waals surface area (Å²) in [5, 5.41) is 9.27. The summed E-state index contributed by atoms with van der Waals surface area (Å²) < 4.78 is 4.20. The van der Waals surface area contributed by atoms with Crippen molar-refractivity contribution in [2.24, 2.45) is 17.3 Å². The first kappa shape index (κ1) is 29.2. The van der Waals surface area contributed by atoms with Gasteiger partial charge >= 0.3 is 5.97 Å². The molecule has 1 spiro atoms. The number of aliphatic hydroxyl groups excluding tert-OH is 1. The molecule has 0 aromatic rings. The van der Waals surface area contributed by atoms with E-state index in [1.54, 1.807) is 16.7 Å². The van der Waals surface area contributed by atoms with Gasteiger partial charge in [0.25, 0.3) is 0 Å². The van der Waals surface area contributed by atoms with Crippen molar-refractivity contribution in [3.05, 3.63) is 24.3 Å². The van der Waals surface area contributed by atoms with Crippen molar-refractivity contribution < 1.29 is 24.2 Å². The minimum atomic E-state index is -0.848. The SMILES string of the molecule is CC(C)(C)CC(C)(C)N1CC=C[C@]23S[C@]4(C)/C=C\CCCOC(=O)[C@@H]4[C@H]2C(=O)N(CCCCCO)C3C1=O. The fraction of sp³-hybridized carbons (Fsp3) is 0.767. The Hall–Kier alpha value is -1.80. The number of allylic oxidation sites excluding steroid dienone is 1. The first-order chi connectivity index (χ1) is 17.8. The summed E-state index contributed by atoms with van der Waals surface area (Å²) in [6, 6.07) is -0.689. The van der Waals surface area contributed by atoms with Crippen molar-refractivity contribution in [1.29, 1.82) is 0 Å². The number of nitrogens with zero attached hydrogens (tertiary/aromatic N) is 2. The first-order valence-electron chi connectivity index (χ1n) is 14.2. The van der Waals surface area contributed by atoms with Gasteiger partial charge in [0.2, 0.25) is 11.8 Å². The van der Waals surface area contributed by atoms with E-state index < -0.39 is 32.9 Å². The molecule has 212 valence electrons. The summed E-state index contributed by atoms with van der Waals surface area (Å²) in [6.07, 6.45) is 12.8. The van der Waals surface area contributed by atoms with Gasteiger partial charge in [-0.3, -0.25) is 14.4 Å². The highest BCUT2D eigenvalue weighted by Gasteiger charge is 2.74. The third kappa shape index (κ3) is 5.19. The maximum atomic E-state index is 14.6. The molecule has 7 nitrogen and oxygen atoms in total. The summed E-state index contributed by atoms with van der Waals surface area (Å²) in [7, 11) is 0. The highest BCUT2D eigenvalue weighted by Crippen LogP contribution is 2.65. The second-order valence-electron chi connectivity index (χ2n) is 13.4. The minimum Gasteiger partial charge on any atom is -0.465 e. The van der Waals surface area contributed by atoms with Gasteiger partial charge in [-0.2, -0.15) is 0 Å². The van der Waals surface area contributed by atoms with E-state index in [2.05, 4.69) is 58.9 Å². The van der Waals surface area contributed by atoms with E-state index in [0.717, 1.165) is 25.7 Å². The Labute approximate surface area is 232 Å². The zero-order chi connectivity index (χ0) is 27.9. The molecule has 1 unspecified atom stereocenters. The van der Waals surface area contributed by atoms with E-state index >= 15 is 0 Å². The standard InChI is InChI=1S/C30H46N2O5S/c1-27(2,3)20-28(4,5)32-17-13-15-30-21(22-26(36)37-19-12-7-9-14-29(22,6)38-30)24(34)31(23(30)25(32)35)16-10-8-11-18-33/h9,13-15,21-23,33H,7-8,10-12,16-20H2,1-6H3/b14-9-/t21-,22-,23?,29+,30-/m0/s1. The maximum Gasteiger partial charge on any atom is 0.311 e. The second-order valence-corrected chi connectivity index (χ2v) is 15.2. The first-order valence-corrected chi connectivity index (χ1v) is 15.0. The van der Waals surface area contributed by atoms with Crippen LogP contribution in [0.15, 0.2) is 24.3 Å². The van der Waals surface area contributed by atoms with Gasteiger partial charge in [-0.15, -0.1) is 11.8 Å². The largest absolute Gasteiger partial charge is 0.465 e. The summed E-state index contributed by atoms with van der Waals surface area (Å²) in [5.74, 6) is -1.83. The van der Waals surface area contributed by atoms with Crippen molar-refractivity contribution in [2.75, 3.05) is 26.3 Å². The van der Waals surface area contributed by atoms with Crippen LogP contribution in [0, 0.1) is 17.3 Å². The third-order valence-electron chi connectivity index (χ3n) is 8.50. The second kappa shape index (κ2) is 10.6. The maximum absolute atomic E-state index is 14.6. The summed E-state index contributed by atoms with van der Waals surface area (Å²) in [6.45, 7) is 14.2. The summed E-state index contributed by atoms with van der Waals surface area (Å²) >= 11 is 1.60. The third-order valence-corrected chi connectivity index (χ3v) is 10.3. The van der Waals surface area contributed by atoms with Crippen LogP contribution in [-0.2, 0) is 19.1 Å². The zero-order valence-electron chi connectivity index (χ0n) is 24.0. The van der Waals surface area contributed by atoms with Gasteiger partial charge in [-0.05, 0) is 64.7 Å². The Balaban J connectivity index is 1.80. The average molecular weight is 547 g/mol. The number of thioether (sulfide) groups is 1. The number of carbonyl (C=O) groups excluding carboxylic acids is 3. The van der Waals surface area contributed by atoms with Gasteiger partial charge in [-0.25, -0.2) is 0 Å². The number of carbonyl (C=O) groups is 3. The van der Waals surface area contributed by atoms with Crippen molar-refractivity contribution in [3.8, 4) is 0 Å². The number of hydrogen-bond donors (Lipinski definition) is 1. The average Bonchev–Trinajstić information content (AvgIpc) is 3.14. The highest BCUT2D eigenvalue weighted by atomic mass is 32.2. The van der Waals surface area contributed by atoms with Crippen LogP contribution in [0.4, 0.5) is 0 Å². The normalized spacial score (nSPS) is 34.6. The Morgan fingerprint density at radius 2 is 1.76 bits per heavy atom. The molecule has 38 heavy (non-hydrogen) atoms. The molecule has 0 aromatic carbocycles. The van der Waals surface area contributed by atoms with Crippen LogP contribution in [0.3, 0.4) is 0 Å². The molecule has 8 heteroatoms. The van der Waals surface area contributed by atoms with E-state index in [0.29, 0.717) is 32.5 Å².